The predicted molar refractivity (Wildman–Crippen MR) is 75.6 cm³/mol. The highest BCUT2D eigenvalue weighted by atomic mass is 32.2. The van der Waals surface area contributed by atoms with Crippen LogP contribution in [0.25, 0.3) is 0 Å². The average molecular weight is 234 g/mol. The van der Waals surface area contributed by atoms with Crippen LogP contribution in [0.3, 0.4) is 0 Å². The Morgan fingerprint density at radius 1 is 1.31 bits per heavy atom. The number of unbranched alkanes of at least 4 members (excludes halogenated alkanes) is 1. The maximum Gasteiger partial charge on any atom is 0.0149 e. The van der Waals surface area contributed by atoms with Crippen molar-refractivity contribution in [2.45, 2.75) is 40.0 Å². The van der Waals surface area contributed by atoms with Crippen LogP contribution in [0.1, 0.15) is 40.0 Å². The van der Waals surface area contributed by atoms with Crippen LogP contribution in [-0.2, 0) is 0 Å². The van der Waals surface area contributed by atoms with E-state index in [2.05, 4.69) is 44.7 Å². The van der Waals surface area contributed by atoms with Crippen molar-refractivity contribution in [2.75, 3.05) is 5.75 Å². The molecule has 0 amide bonds. The van der Waals surface area contributed by atoms with Crippen molar-refractivity contribution in [3.63, 3.8) is 0 Å². The van der Waals surface area contributed by atoms with Crippen LogP contribution in [0.5, 0.6) is 0 Å². The lowest BCUT2D eigenvalue weighted by Gasteiger charge is -2.09. The number of rotatable bonds is 6. The minimum Gasteiger partial charge on any atom is -0.125 e. The van der Waals surface area contributed by atoms with Gasteiger partial charge in [-0.15, -0.1) is 17.5 Å². The van der Waals surface area contributed by atoms with Crippen LogP contribution in [0.2, 0.25) is 0 Å². The summed E-state index contributed by atoms with van der Waals surface area (Å²) in [5.41, 5.74) is 4.48. The van der Waals surface area contributed by atoms with Gasteiger partial charge in [-0.25, -0.2) is 0 Å². The Labute approximate surface area is 104 Å². The molecule has 0 aromatic rings. The zero-order valence-corrected chi connectivity index (χ0v) is 11.4. The molecule has 0 heterocycles. The number of thioether (sulfide) groups is 1. The Bertz CT molecular complexity index is 327. The van der Waals surface area contributed by atoms with Gasteiger partial charge in [0.15, 0.2) is 0 Å². The van der Waals surface area contributed by atoms with Crippen LogP contribution in [0, 0.1) is 5.92 Å². The largest absolute Gasteiger partial charge is 0.125 e. The first kappa shape index (κ1) is 13.4. The van der Waals surface area contributed by atoms with Crippen molar-refractivity contribution < 1.29 is 0 Å². The average Bonchev–Trinajstić information content (AvgIpc) is 2.48. The fraction of sp³-hybridized carbons (Fsp3) is 0.533. The molecule has 16 heavy (non-hydrogen) atoms. The molecule has 0 saturated heterocycles. The summed E-state index contributed by atoms with van der Waals surface area (Å²) < 4.78 is 0. The van der Waals surface area contributed by atoms with Gasteiger partial charge in [-0.2, -0.15) is 0 Å². The maximum absolute atomic E-state index is 3.21. The molecule has 0 aromatic heterocycles. The first-order valence-electron chi connectivity index (χ1n) is 6.16. The number of allylic oxidation sites excluding steroid dienone is 4. The van der Waals surface area contributed by atoms with Crippen molar-refractivity contribution >= 4 is 11.8 Å². The van der Waals surface area contributed by atoms with Gasteiger partial charge in [-0.1, -0.05) is 32.8 Å². The van der Waals surface area contributed by atoms with E-state index in [9.17, 15) is 0 Å². The van der Waals surface area contributed by atoms with Crippen molar-refractivity contribution in [1.82, 2.24) is 0 Å². The first-order valence-corrected chi connectivity index (χ1v) is 7.14. The van der Waals surface area contributed by atoms with Crippen LogP contribution >= 0.6 is 11.8 Å². The molecule has 88 valence electrons. The molecule has 1 rings (SSSR count). The number of hydrogen-bond donors (Lipinski definition) is 0. The van der Waals surface area contributed by atoms with Gasteiger partial charge >= 0.3 is 0 Å². The SMILES string of the molecule is CCCCC(C)CSC1=CC=C(C)C=C=C1. The van der Waals surface area contributed by atoms with Gasteiger partial charge in [-0.05, 0) is 43.1 Å². The predicted octanol–water partition coefficient (Wildman–Crippen LogP) is 5.10. The van der Waals surface area contributed by atoms with Crippen LogP contribution in [0.4, 0.5) is 0 Å². The van der Waals surface area contributed by atoms with E-state index < -0.39 is 0 Å². The van der Waals surface area contributed by atoms with Crippen molar-refractivity contribution in [3.8, 4) is 0 Å². The summed E-state index contributed by atoms with van der Waals surface area (Å²) in [5, 5.41) is 0. The fourth-order valence-corrected chi connectivity index (χ4v) is 2.49. The molecule has 0 radical (unpaired) electrons. The second kappa shape index (κ2) is 7.60. The third-order valence-corrected chi connectivity index (χ3v) is 3.96. The normalized spacial score (nSPS) is 16.7. The Morgan fingerprint density at radius 2 is 2.12 bits per heavy atom. The lowest BCUT2D eigenvalue weighted by Crippen LogP contribution is -1.97. The van der Waals surface area contributed by atoms with Crippen molar-refractivity contribution in [3.05, 3.63) is 40.5 Å². The molecule has 1 aliphatic rings. The molecule has 0 aliphatic heterocycles. The lowest BCUT2D eigenvalue weighted by atomic mass is 10.1. The molecule has 1 heteroatoms. The zero-order chi connectivity index (χ0) is 11.8. The minimum atomic E-state index is 0.816. The molecule has 0 saturated carbocycles. The van der Waals surface area contributed by atoms with E-state index in [4.69, 9.17) is 0 Å². The molecule has 1 atom stereocenters. The second-order valence-electron chi connectivity index (χ2n) is 4.49. The van der Waals surface area contributed by atoms with Crippen LogP contribution in [0.15, 0.2) is 40.5 Å². The Morgan fingerprint density at radius 3 is 2.88 bits per heavy atom. The molecular weight excluding hydrogens is 212 g/mol. The topological polar surface area (TPSA) is 0 Å². The van der Waals surface area contributed by atoms with Gasteiger partial charge in [0.25, 0.3) is 0 Å². The lowest BCUT2D eigenvalue weighted by molar-refractivity contribution is 0.558. The third-order valence-electron chi connectivity index (χ3n) is 2.63. The van der Waals surface area contributed by atoms with Gasteiger partial charge in [0.2, 0.25) is 0 Å². The molecule has 0 aromatic carbocycles. The van der Waals surface area contributed by atoms with Crippen LogP contribution < -0.4 is 0 Å². The second-order valence-corrected chi connectivity index (χ2v) is 5.59. The Hall–Kier alpha value is -0.650. The molecule has 1 unspecified atom stereocenters. The van der Waals surface area contributed by atoms with E-state index in [1.807, 2.05) is 17.8 Å². The van der Waals surface area contributed by atoms with E-state index in [1.54, 1.807) is 0 Å². The smallest absolute Gasteiger partial charge is 0.0149 e. The van der Waals surface area contributed by atoms with Crippen molar-refractivity contribution in [2.24, 2.45) is 5.92 Å². The van der Waals surface area contributed by atoms with Gasteiger partial charge in [-0.3, -0.25) is 0 Å². The summed E-state index contributed by atoms with van der Waals surface area (Å²) in [4.78, 5) is 1.33. The van der Waals surface area contributed by atoms with Gasteiger partial charge in [0, 0.05) is 10.7 Å². The molecule has 0 N–H and O–H groups in total. The summed E-state index contributed by atoms with van der Waals surface area (Å²) >= 11 is 1.95. The standard InChI is InChI=1S/C15H22S/c1-4-5-7-14(3)12-16-15-9-6-8-13(2)10-11-15/h8-11,14H,4-5,7,12H2,1-3H3. The highest BCUT2D eigenvalue weighted by Gasteiger charge is 2.03. The van der Waals surface area contributed by atoms with Gasteiger partial charge in [0.05, 0.1) is 0 Å². The molecule has 1 aliphatic carbocycles. The molecular formula is C15H22S. The molecule has 0 fully saturated rings. The Kier molecular flexibility index (Phi) is 6.37. The van der Waals surface area contributed by atoms with E-state index in [1.165, 1.54) is 35.5 Å². The van der Waals surface area contributed by atoms with E-state index >= 15 is 0 Å². The number of hydrogen-bond acceptors (Lipinski definition) is 1. The van der Waals surface area contributed by atoms with Gasteiger partial charge in [0.1, 0.15) is 0 Å². The van der Waals surface area contributed by atoms with E-state index in [0.29, 0.717) is 0 Å². The highest BCUT2D eigenvalue weighted by Crippen LogP contribution is 2.23. The third kappa shape index (κ3) is 5.44. The monoisotopic (exact) mass is 234 g/mol. The van der Waals surface area contributed by atoms with Crippen molar-refractivity contribution in [1.29, 1.82) is 0 Å². The summed E-state index contributed by atoms with van der Waals surface area (Å²) in [5.74, 6) is 2.04. The fourth-order valence-electron chi connectivity index (χ4n) is 1.53. The summed E-state index contributed by atoms with van der Waals surface area (Å²) in [6.07, 6.45) is 12.5. The van der Waals surface area contributed by atoms with Gasteiger partial charge < -0.3 is 0 Å². The molecule has 0 nitrogen and oxygen atoms in total. The quantitative estimate of drug-likeness (QED) is 0.576. The summed E-state index contributed by atoms with van der Waals surface area (Å²) in [6.45, 7) is 6.71. The highest BCUT2D eigenvalue weighted by molar-refractivity contribution is 8.03. The first-order chi connectivity index (χ1) is 7.72. The van der Waals surface area contributed by atoms with Crippen LogP contribution in [-0.4, -0.2) is 5.75 Å². The molecule has 0 bridgehead atoms. The summed E-state index contributed by atoms with van der Waals surface area (Å²) in [7, 11) is 0. The maximum atomic E-state index is 3.21. The molecule has 0 spiro atoms. The van der Waals surface area contributed by atoms with E-state index in [-0.39, 0.29) is 0 Å². The van der Waals surface area contributed by atoms with E-state index in [0.717, 1.165) is 5.92 Å². The Balaban J connectivity index is 2.36. The minimum absolute atomic E-state index is 0.816. The zero-order valence-electron chi connectivity index (χ0n) is 10.6. The summed E-state index contributed by atoms with van der Waals surface area (Å²) in [6, 6.07) is 0.